The zero-order chi connectivity index (χ0) is 14.1. The molecule has 1 N–H and O–H groups in total. The summed E-state index contributed by atoms with van der Waals surface area (Å²) in [5, 5.41) is 3.43. The van der Waals surface area contributed by atoms with Crippen LogP contribution in [0.5, 0.6) is 0 Å². The first-order chi connectivity index (χ1) is 9.66. The van der Waals surface area contributed by atoms with Crippen LogP contribution in [0.3, 0.4) is 0 Å². The zero-order valence-electron chi connectivity index (χ0n) is 12.4. The summed E-state index contributed by atoms with van der Waals surface area (Å²) in [6.07, 6.45) is 2.40. The molecular formula is C17H24N2O. The third kappa shape index (κ3) is 2.47. The summed E-state index contributed by atoms with van der Waals surface area (Å²) in [4.78, 5) is 14.8. The Hall–Kier alpha value is -1.35. The largest absolute Gasteiger partial charge is 0.334 e. The summed E-state index contributed by atoms with van der Waals surface area (Å²) in [5.74, 6) is 1.37. The van der Waals surface area contributed by atoms with Crippen molar-refractivity contribution in [1.29, 1.82) is 0 Å². The van der Waals surface area contributed by atoms with Crippen molar-refractivity contribution in [2.45, 2.75) is 38.6 Å². The van der Waals surface area contributed by atoms with Gasteiger partial charge in [0, 0.05) is 31.2 Å². The van der Waals surface area contributed by atoms with Crippen LogP contribution in [0.25, 0.3) is 0 Å². The topological polar surface area (TPSA) is 32.3 Å². The number of fused-ring (bicyclic) bond motifs is 1. The molecule has 2 heterocycles. The fourth-order valence-corrected chi connectivity index (χ4v) is 3.50. The van der Waals surface area contributed by atoms with E-state index in [0.29, 0.717) is 17.9 Å². The van der Waals surface area contributed by atoms with Gasteiger partial charge in [0.1, 0.15) is 0 Å². The van der Waals surface area contributed by atoms with Gasteiger partial charge in [-0.2, -0.15) is 0 Å². The summed E-state index contributed by atoms with van der Waals surface area (Å²) in [5.41, 5.74) is 2.13. The molecule has 20 heavy (non-hydrogen) atoms. The predicted molar refractivity (Wildman–Crippen MR) is 80.9 cm³/mol. The Balaban J connectivity index is 1.77. The third-order valence-corrected chi connectivity index (χ3v) is 4.76. The Morgan fingerprint density at radius 1 is 1.25 bits per heavy atom. The van der Waals surface area contributed by atoms with Crippen molar-refractivity contribution in [2.75, 3.05) is 19.6 Å². The van der Waals surface area contributed by atoms with Gasteiger partial charge in [0.25, 0.3) is 5.91 Å². The van der Waals surface area contributed by atoms with E-state index < -0.39 is 0 Å². The number of amides is 1. The van der Waals surface area contributed by atoms with Crippen LogP contribution >= 0.6 is 0 Å². The van der Waals surface area contributed by atoms with E-state index >= 15 is 0 Å². The van der Waals surface area contributed by atoms with Crippen molar-refractivity contribution in [3.8, 4) is 0 Å². The second-order valence-electron chi connectivity index (χ2n) is 6.40. The number of piperidine rings is 1. The van der Waals surface area contributed by atoms with Gasteiger partial charge in [-0.1, -0.05) is 26.0 Å². The molecule has 0 saturated carbocycles. The average molecular weight is 272 g/mol. The number of nitrogens with one attached hydrogen (secondary N) is 1. The van der Waals surface area contributed by atoms with Crippen LogP contribution < -0.4 is 5.32 Å². The van der Waals surface area contributed by atoms with Gasteiger partial charge in [-0.25, -0.2) is 0 Å². The molecule has 0 aliphatic carbocycles. The highest BCUT2D eigenvalue weighted by atomic mass is 16.2. The maximum Gasteiger partial charge on any atom is 0.254 e. The third-order valence-electron chi connectivity index (χ3n) is 4.76. The van der Waals surface area contributed by atoms with Crippen molar-refractivity contribution in [1.82, 2.24) is 10.2 Å². The second-order valence-corrected chi connectivity index (χ2v) is 6.40. The Morgan fingerprint density at radius 2 is 2.00 bits per heavy atom. The predicted octanol–water partition coefficient (Wildman–Crippen LogP) is 2.63. The summed E-state index contributed by atoms with van der Waals surface area (Å²) >= 11 is 0. The molecule has 0 bridgehead atoms. The molecule has 3 heteroatoms. The van der Waals surface area contributed by atoms with E-state index in [1.807, 2.05) is 12.1 Å². The molecule has 1 aromatic rings. The van der Waals surface area contributed by atoms with E-state index in [2.05, 4.69) is 36.2 Å². The van der Waals surface area contributed by atoms with E-state index in [4.69, 9.17) is 0 Å². The van der Waals surface area contributed by atoms with Crippen LogP contribution in [0, 0.1) is 5.92 Å². The lowest BCUT2D eigenvalue weighted by atomic mass is 9.91. The van der Waals surface area contributed by atoms with Gasteiger partial charge in [0.05, 0.1) is 0 Å². The first-order valence-electron chi connectivity index (χ1n) is 7.78. The van der Waals surface area contributed by atoms with E-state index in [1.165, 1.54) is 12.0 Å². The minimum absolute atomic E-state index is 0.207. The van der Waals surface area contributed by atoms with E-state index in [1.54, 1.807) is 0 Å². The molecule has 2 atom stereocenters. The highest BCUT2D eigenvalue weighted by Crippen LogP contribution is 2.28. The van der Waals surface area contributed by atoms with Gasteiger partial charge >= 0.3 is 0 Å². The quantitative estimate of drug-likeness (QED) is 0.897. The summed E-state index contributed by atoms with van der Waals surface area (Å²) < 4.78 is 0. The Morgan fingerprint density at radius 3 is 2.70 bits per heavy atom. The molecule has 2 aliphatic rings. The van der Waals surface area contributed by atoms with Crippen LogP contribution in [-0.4, -0.2) is 36.5 Å². The van der Waals surface area contributed by atoms with Crippen LogP contribution in [0.2, 0.25) is 0 Å². The molecule has 2 saturated heterocycles. The Kier molecular flexibility index (Phi) is 3.79. The number of hydrogen-bond acceptors (Lipinski definition) is 2. The number of carbonyl (C=O) groups is 1. The lowest BCUT2D eigenvalue weighted by molar-refractivity contribution is 0.0575. The number of benzene rings is 1. The molecule has 108 valence electrons. The zero-order valence-corrected chi connectivity index (χ0v) is 12.4. The van der Waals surface area contributed by atoms with Crippen molar-refractivity contribution in [3.05, 3.63) is 35.4 Å². The van der Waals surface area contributed by atoms with Crippen molar-refractivity contribution < 1.29 is 4.79 Å². The van der Waals surface area contributed by atoms with Crippen LogP contribution in [-0.2, 0) is 0 Å². The van der Waals surface area contributed by atoms with Gasteiger partial charge in [-0.05, 0) is 42.4 Å². The molecule has 0 spiro atoms. The van der Waals surface area contributed by atoms with Gasteiger partial charge in [-0.3, -0.25) is 4.79 Å². The van der Waals surface area contributed by atoms with E-state index in [9.17, 15) is 4.79 Å². The molecule has 1 aromatic carbocycles. The second kappa shape index (κ2) is 5.57. The van der Waals surface area contributed by atoms with Gasteiger partial charge in [0.15, 0.2) is 0 Å². The lowest BCUT2D eigenvalue weighted by Crippen LogP contribution is -2.48. The van der Waals surface area contributed by atoms with Gasteiger partial charge in [0.2, 0.25) is 0 Å². The van der Waals surface area contributed by atoms with E-state index in [-0.39, 0.29) is 5.91 Å². The summed E-state index contributed by atoms with van der Waals surface area (Å²) in [6, 6.07) is 8.56. The average Bonchev–Trinajstić information content (AvgIpc) is 2.95. The normalized spacial score (nSPS) is 25.9. The summed E-state index contributed by atoms with van der Waals surface area (Å²) in [7, 11) is 0. The number of hydrogen-bond donors (Lipinski definition) is 1. The highest BCUT2D eigenvalue weighted by molar-refractivity contribution is 5.94. The van der Waals surface area contributed by atoms with Crippen molar-refractivity contribution >= 4 is 5.91 Å². The monoisotopic (exact) mass is 272 g/mol. The molecule has 2 unspecified atom stereocenters. The van der Waals surface area contributed by atoms with Crippen LogP contribution in [0.1, 0.15) is 48.5 Å². The molecular weight excluding hydrogens is 248 g/mol. The maximum absolute atomic E-state index is 12.7. The van der Waals surface area contributed by atoms with Gasteiger partial charge < -0.3 is 10.2 Å². The standard InChI is InChI=1S/C17H24N2O/c1-12(2)13-5-7-14(8-6-13)17(20)19-9-3-4-15-10-18-11-16(15)19/h5-8,12,15-16,18H,3-4,9-11H2,1-2H3. The molecule has 3 rings (SSSR count). The molecule has 3 nitrogen and oxygen atoms in total. The molecule has 2 aliphatic heterocycles. The SMILES string of the molecule is CC(C)c1ccc(C(=O)N2CCCC3CNCC32)cc1. The Bertz CT molecular complexity index is 480. The smallest absolute Gasteiger partial charge is 0.254 e. The molecule has 1 amide bonds. The number of carbonyl (C=O) groups excluding carboxylic acids is 1. The minimum atomic E-state index is 0.207. The number of nitrogens with zero attached hydrogens (tertiary/aromatic N) is 1. The fraction of sp³-hybridized carbons (Fsp3) is 0.588. The van der Waals surface area contributed by atoms with Crippen LogP contribution in [0.4, 0.5) is 0 Å². The minimum Gasteiger partial charge on any atom is -0.334 e. The maximum atomic E-state index is 12.7. The lowest BCUT2D eigenvalue weighted by Gasteiger charge is -2.37. The highest BCUT2D eigenvalue weighted by Gasteiger charge is 2.37. The first kappa shape index (κ1) is 13.6. The van der Waals surface area contributed by atoms with E-state index in [0.717, 1.165) is 31.6 Å². The number of likely N-dealkylation sites (tertiary alicyclic amines) is 1. The van der Waals surface area contributed by atoms with Gasteiger partial charge in [-0.15, -0.1) is 0 Å². The molecule has 0 radical (unpaired) electrons. The van der Waals surface area contributed by atoms with Crippen LogP contribution in [0.15, 0.2) is 24.3 Å². The first-order valence-corrected chi connectivity index (χ1v) is 7.78. The number of rotatable bonds is 2. The van der Waals surface area contributed by atoms with Crippen molar-refractivity contribution in [3.63, 3.8) is 0 Å². The molecule has 0 aromatic heterocycles. The fourth-order valence-electron chi connectivity index (χ4n) is 3.50. The molecule has 2 fully saturated rings. The summed E-state index contributed by atoms with van der Waals surface area (Å²) in [6.45, 7) is 7.29. The Labute approximate surface area is 121 Å². The van der Waals surface area contributed by atoms with Crippen molar-refractivity contribution in [2.24, 2.45) is 5.92 Å².